The van der Waals surface area contributed by atoms with E-state index in [2.05, 4.69) is 32.7 Å². The molecular formula is C28H36F3N5O2. The number of aromatic nitrogens is 1. The van der Waals surface area contributed by atoms with E-state index < -0.39 is 18.1 Å². The lowest BCUT2D eigenvalue weighted by Crippen LogP contribution is -2.51. The number of nitrogens with one attached hydrogen (secondary N) is 2. The Balaban J connectivity index is 1.36. The molecule has 0 radical (unpaired) electrons. The molecule has 1 atom stereocenters. The van der Waals surface area contributed by atoms with Crippen molar-refractivity contribution in [2.45, 2.75) is 64.3 Å². The minimum absolute atomic E-state index is 0.0126. The molecule has 2 N–H and O–H groups in total. The van der Waals surface area contributed by atoms with Gasteiger partial charge >= 0.3 is 6.18 Å². The number of rotatable bonds is 5. The molecule has 38 heavy (non-hydrogen) atoms. The maximum Gasteiger partial charge on any atom is 0.404 e. The van der Waals surface area contributed by atoms with Crippen molar-refractivity contribution < 1.29 is 22.7 Å². The third-order valence-corrected chi connectivity index (χ3v) is 7.90. The molecule has 2 aromatic rings. The molecular weight excluding hydrogens is 495 g/mol. The van der Waals surface area contributed by atoms with Crippen molar-refractivity contribution in [3.05, 3.63) is 42.1 Å². The van der Waals surface area contributed by atoms with E-state index >= 15 is 0 Å². The summed E-state index contributed by atoms with van der Waals surface area (Å²) in [5.41, 5.74) is 3.57. The number of halogens is 3. The number of pyridine rings is 1. The zero-order valence-corrected chi connectivity index (χ0v) is 21.9. The van der Waals surface area contributed by atoms with E-state index in [1.807, 2.05) is 23.1 Å². The van der Waals surface area contributed by atoms with E-state index in [1.54, 1.807) is 20.0 Å². The quantitative estimate of drug-likeness (QED) is 0.550. The van der Waals surface area contributed by atoms with Crippen molar-refractivity contribution in [3.8, 4) is 0 Å². The SMILES string of the molecule is CC(C)[C@@H](N[C@H]1CC[C@@H](C(=O)N2Cc3cccnc3Nc3ccc(N4CCOCC4)cc32)CC1)C(F)(F)F. The van der Waals surface area contributed by atoms with Gasteiger partial charge in [0.25, 0.3) is 0 Å². The summed E-state index contributed by atoms with van der Waals surface area (Å²) in [4.78, 5) is 22.6. The molecule has 1 saturated carbocycles. The van der Waals surface area contributed by atoms with Gasteiger partial charge in [-0.15, -0.1) is 0 Å². The van der Waals surface area contributed by atoms with E-state index in [1.165, 1.54) is 0 Å². The molecule has 206 valence electrons. The average Bonchev–Trinajstić information content (AvgIpc) is 3.07. The van der Waals surface area contributed by atoms with Gasteiger partial charge in [0.05, 0.1) is 31.1 Å². The van der Waals surface area contributed by atoms with Gasteiger partial charge in [0.15, 0.2) is 0 Å². The summed E-state index contributed by atoms with van der Waals surface area (Å²) in [6, 6.07) is 8.15. The minimum atomic E-state index is -4.29. The lowest BCUT2D eigenvalue weighted by atomic mass is 9.84. The summed E-state index contributed by atoms with van der Waals surface area (Å²) in [5, 5.41) is 6.24. The highest BCUT2D eigenvalue weighted by Gasteiger charge is 2.43. The molecule has 1 saturated heterocycles. The molecule has 1 amide bonds. The van der Waals surface area contributed by atoms with Crippen molar-refractivity contribution in [2.75, 3.05) is 41.4 Å². The molecule has 10 heteroatoms. The summed E-state index contributed by atoms with van der Waals surface area (Å²) in [5.74, 6) is -0.0548. The third-order valence-electron chi connectivity index (χ3n) is 7.90. The summed E-state index contributed by atoms with van der Waals surface area (Å²) in [6.45, 7) is 6.46. The van der Waals surface area contributed by atoms with Crippen LogP contribution in [0.5, 0.6) is 0 Å². The molecule has 0 spiro atoms. The normalized spacial score (nSPS) is 22.8. The van der Waals surface area contributed by atoms with Crippen LogP contribution in [0.25, 0.3) is 0 Å². The van der Waals surface area contributed by atoms with Gasteiger partial charge in [0.2, 0.25) is 5.91 Å². The number of hydrogen-bond donors (Lipinski definition) is 2. The first-order valence-electron chi connectivity index (χ1n) is 13.5. The van der Waals surface area contributed by atoms with E-state index in [0.717, 1.165) is 41.5 Å². The number of amides is 1. The Morgan fingerprint density at radius 1 is 1.13 bits per heavy atom. The number of ether oxygens (including phenoxy) is 1. The van der Waals surface area contributed by atoms with Crippen LogP contribution in [-0.4, -0.2) is 55.5 Å². The lowest BCUT2D eigenvalue weighted by molar-refractivity contribution is -0.168. The molecule has 7 nitrogen and oxygen atoms in total. The van der Waals surface area contributed by atoms with Crippen LogP contribution in [0.1, 0.15) is 45.1 Å². The Labute approximate surface area is 221 Å². The molecule has 2 fully saturated rings. The smallest absolute Gasteiger partial charge is 0.378 e. The summed E-state index contributed by atoms with van der Waals surface area (Å²) in [6.07, 6.45) is -0.363. The molecule has 3 heterocycles. The van der Waals surface area contributed by atoms with Gasteiger partial charge in [0, 0.05) is 42.5 Å². The first-order chi connectivity index (χ1) is 18.2. The van der Waals surface area contributed by atoms with Crippen molar-refractivity contribution in [1.82, 2.24) is 10.3 Å². The number of nitrogens with zero attached hydrogens (tertiary/aromatic N) is 3. The van der Waals surface area contributed by atoms with Gasteiger partial charge < -0.3 is 25.2 Å². The third kappa shape index (κ3) is 5.76. The molecule has 5 rings (SSSR count). The molecule has 1 aromatic heterocycles. The fraction of sp³-hybridized carbons (Fsp3) is 0.571. The Hall–Kier alpha value is -2.85. The Bertz CT molecular complexity index is 1130. The van der Waals surface area contributed by atoms with Crippen LogP contribution in [0.4, 0.5) is 36.1 Å². The highest BCUT2D eigenvalue weighted by Crippen LogP contribution is 2.40. The van der Waals surface area contributed by atoms with Crippen LogP contribution < -0.4 is 20.4 Å². The molecule has 0 unspecified atom stereocenters. The summed E-state index contributed by atoms with van der Waals surface area (Å²) in [7, 11) is 0. The average molecular weight is 532 g/mol. The second kappa shape index (κ2) is 11.1. The van der Waals surface area contributed by atoms with Crippen molar-refractivity contribution in [1.29, 1.82) is 0 Å². The molecule has 0 bridgehead atoms. The zero-order chi connectivity index (χ0) is 26.9. The van der Waals surface area contributed by atoms with Crippen LogP contribution in [0.2, 0.25) is 0 Å². The number of carbonyl (C=O) groups excluding carboxylic acids is 1. The number of alkyl halides is 3. The maximum atomic E-state index is 14.0. The minimum Gasteiger partial charge on any atom is -0.378 e. The Kier molecular flexibility index (Phi) is 7.81. The van der Waals surface area contributed by atoms with Crippen LogP contribution >= 0.6 is 0 Å². The first-order valence-corrected chi connectivity index (χ1v) is 13.5. The second-order valence-corrected chi connectivity index (χ2v) is 10.8. The van der Waals surface area contributed by atoms with E-state index in [4.69, 9.17) is 4.74 Å². The number of carbonyl (C=O) groups is 1. The summed E-state index contributed by atoms with van der Waals surface area (Å²) < 4.78 is 46.0. The predicted octanol–water partition coefficient (Wildman–Crippen LogP) is 5.24. The Morgan fingerprint density at radius 2 is 1.87 bits per heavy atom. The monoisotopic (exact) mass is 531 g/mol. The summed E-state index contributed by atoms with van der Waals surface area (Å²) >= 11 is 0. The van der Waals surface area contributed by atoms with Crippen LogP contribution in [0.3, 0.4) is 0 Å². The number of anilines is 4. The highest BCUT2D eigenvalue weighted by atomic mass is 19.4. The topological polar surface area (TPSA) is 69.7 Å². The standard InChI is InChI=1S/C28H36F3N5O2/c1-18(2)25(28(29,30)31)33-21-7-5-19(6-8-21)27(37)36-17-20-4-3-11-32-26(20)34-23-10-9-22(16-24(23)36)35-12-14-38-15-13-35/h3-4,9-11,16,18-19,21,25,33H,5-8,12-15,17H2,1-2H3,(H,32,34)/t19-,21+,25-/m1/s1. The largest absolute Gasteiger partial charge is 0.404 e. The van der Waals surface area contributed by atoms with E-state index in [-0.39, 0.29) is 17.9 Å². The van der Waals surface area contributed by atoms with Gasteiger partial charge in [0.1, 0.15) is 11.9 Å². The number of morpholine rings is 1. The van der Waals surface area contributed by atoms with Crippen molar-refractivity contribution in [2.24, 2.45) is 11.8 Å². The predicted molar refractivity (Wildman–Crippen MR) is 142 cm³/mol. The van der Waals surface area contributed by atoms with Crippen LogP contribution in [0, 0.1) is 11.8 Å². The van der Waals surface area contributed by atoms with Crippen molar-refractivity contribution >= 4 is 28.8 Å². The fourth-order valence-electron chi connectivity index (χ4n) is 5.77. The zero-order valence-electron chi connectivity index (χ0n) is 21.9. The van der Waals surface area contributed by atoms with Gasteiger partial charge in [-0.1, -0.05) is 19.9 Å². The van der Waals surface area contributed by atoms with Gasteiger partial charge in [-0.2, -0.15) is 13.2 Å². The van der Waals surface area contributed by atoms with Crippen LogP contribution in [0.15, 0.2) is 36.5 Å². The van der Waals surface area contributed by atoms with Gasteiger partial charge in [-0.05, 0) is 55.9 Å². The second-order valence-electron chi connectivity index (χ2n) is 10.8. The molecule has 1 aromatic carbocycles. The molecule has 3 aliphatic rings. The molecule has 2 aliphatic heterocycles. The maximum absolute atomic E-state index is 14.0. The fourth-order valence-corrected chi connectivity index (χ4v) is 5.77. The molecule has 1 aliphatic carbocycles. The number of benzene rings is 1. The van der Waals surface area contributed by atoms with E-state index in [9.17, 15) is 18.0 Å². The van der Waals surface area contributed by atoms with E-state index in [0.29, 0.717) is 45.4 Å². The lowest BCUT2D eigenvalue weighted by Gasteiger charge is -2.36. The van der Waals surface area contributed by atoms with Gasteiger partial charge in [-0.3, -0.25) is 4.79 Å². The highest BCUT2D eigenvalue weighted by molar-refractivity contribution is 6.00. The Morgan fingerprint density at radius 3 is 2.55 bits per heavy atom. The number of fused-ring (bicyclic) bond motifs is 2. The van der Waals surface area contributed by atoms with Crippen LogP contribution in [-0.2, 0) is 16.1 Å². The van der Waals surface area contributed by atoms with Gasteiger partial charge in [-0.25, -0.2) is 4.98 Å². The first kappa shape index (κ1) is 26.7. The van der Waals surface area contributed by atoms with Crippen molar-refractivity contribution in [3.63, 3.8) is 0 Å². The number of hydrogen-bond acceptors (Lipinski definition) is 6.